The van der Waals surface area contributed by atoms with E-state index in [-0.39, 0.29) is 18.4 Å². The number of fused-ring (bicyclic) bond motifs is 1. The van der Waals surface area contributed by atoms with E-state index in [1.807, 2.05) is 37.4 Å². The lowest BCUT2D eigenvalue weighted by Gasteiger charge is -2.06. The van der Waals surface area contributed by atoms with Gasteiger partial charge >= 0.3 is 5.97 Å². The van der Waals surface area contributed by atoms with Crippen molar-refractivity contribution in [2.24, 2.45) is 4.99 Å². The first-order valence-corrected chi connectivity index (χ1v) is 10.2. The number of hydrogen-bond donors (Lipinski definition) is 0. The van der Waals surface area contributed by atoms with Gasteiger partial charge in [0.25, 0.3) is 5.91 Å². The van der Waals surface area contributed by atoms with Gasteiger partial charge in [-0.1, -0.05) is 23.5 Å². The second-order valence-corrected chi connectivity index (χ2v) is 7.96. The molecule has 0 aliphatic rings. The standard InChI is InChI=1S/C20H20N2O3S2/c1-4-25-18(24)12-22-16-11-13(2)10-14(3)19(16)27-20(22)21-17(23)8-7-15-6-5-9-26-15/h5-11H,4,12H2,1-3H3. The highest BCUT2D eigenvalue weighted by molar-refractivity contribution is 7.16. The molecule has 0 saturated heterocycles. The number of thiazole rings is 1. The molecule has 0 radical (unpaired) electrons. The van der Waals surface area contributed by atoms with Crippen LogP contribution < -0.4 is 4.80 Å². The Bertz CT molecular complexity index is 1070. The van der Waals surface area contributed by atoms with Crippen molar-refractivity contribution in [3.8, 4) is 0 Å². The average Bonchev–Trinajstić information content (AvgIpc) is 3.23. The lowest BCUT2D eigenvalue weighted by atomic mass is 10.1. The molecule has 0 atom stereocenters. The molecule has 0 aliphatic carbocycles. The van der Waals surface area contributed by atoms with Crippen LogP contribution in [-0.2, 0) is 20.9 Å². The molecule has 1 aromatic carbocycles. The van der Waals surface area contributed by atoms with Crippen molar-refractivity contribution in [2.75, 3.05) is 6.61 Å². The van der Waals surface area contributed by atoms with Gasteiger partial charge in [0.15, 0.2) is 4.80 Å². The van der Waals surface area contributed by atoms with Gasteiger partial charge in [-0.05, 0) is 55.5 Å². The molecule has 0 saturated carbocycles. The Morgan fingerprint density at radius 1 is 1.30 bits per heavy atom. The Morgan fingerprint density at radius 3 is 2.81 bits per heavy atom. The lowest BCUT2D eigenvalue weighted by Crippen LogP contribution is -2.22. The molecule has 0 fully saturated rings. The maximum absolute atomic E-state index is 12.3. The summed E-state index contributed by atoms with van der Waals surface area (Å²) in [6.45, 7) is 6.13. The van der Waals surface area contributed by atoms with Gasteiger partial charge in [0, 0.05) is 11.0 Å². The van der Waals surface area contributed by atoms with E-state index in [0.29, 0.717) is 11.4 Å². The zero-order valence-electron chi connectivity index (χ0n) is 15.4. The number of rotatable bonds is 5. The molecule has 0 bridgehead atoms. The van der Waals surface area contributed by atoms with Gasteiger partial charge in [0.2, 0.25) is 0 Å². The summed E-state index contributed by atoms with van der Waals surface area (Å²) < 4.78 is 7.86. The Labute approximate surface area is 165 Å². The van der Waals surface area contributed by atoms with Gasteiger partial charge in [-0.15, -0.1) is 11.3 Å². The second kappa shape index (κ2) is 8.45. The molecule has 0 unspecified atom stereocenters. The summed E-state index contributed by atoms with van der Waals surface area (Å²) in [6.07, 6.45) is 3.19. The molecular weight excluding hydrogens is 380 g/mol. The molecule has 3 rings (SSSR count). The Hall–Kier alpha value is -2.51. The summed E-state index contributed by atoms with van der Waals surface area (Å²) in [7, 11) is 0. The third kappa shape index (κ3) is 4.61. The Kier molecular flexibility index (Phi) is 6.03. The molecule has 1 amide bonds. The summed E-state index contributed by atoms with van der Waals surface area (Å²) in [5, 5.41) is 1.95. The number of hydrogen-bond acceptors (Lipinski definition) is 5. The summed E-state index contributed by atoms with van der Waals surface area (Å²) in [5.41, 5.74) is 3.07. The number of benzene rings is 1. The second-order valence-electron chi connectivity index (χ2n) is 6.00. The number of aromatic nitrogens is 1. The maximum atomic E-state index is 12.3. The quantitative estimate of drug-likeness (QED) is 0.479. The fraction of sp³-hybridized carbons (Fsp3) is 0.250. The fourth-order valence-corrected chi connectivity index (χ4v) is 4.46. The predicted molar refractivity (Wildman–Crippen MR) is 110 cm³/mol. The van der Waals surface area contributed by atoms with E-state index in [4.69, 9.17) is 4.74 Å². The van der Waals surface area contributed by atoms with Crippen molar-refractivity contribution in [1.29, 1.82) is 0 Å². The summed E-state index contributed by atoms with van der Waals surface area (Å²) in [5.74, 6) is -0.707. The van der Waals surface area contributed by atoms with Gasteiger partial charge in [0.1, 0.15) is 6.54 Å². The first-order chi connectivity index (χ1) is 13.0. The highest BCUT2D eigenvalue weighted by Crippen LogP contribution is 2.23. The van der Waals surface area contributed by atoms with E-state index >= 15 is 0 Å². The van der Waals surface area contributed by atoms with Crippen molar-refractivity contribution >= 4 is 50.8 Å². The maximum Gasteiger partial charge on any atom is 0.326 e. The van der Waals surface area contributed by atoms with E-state index in [2.05, 4.69) is 11.1 Å². The highest BCUT2D eigenvalue weighted by Gasteiger charge is 2.13. The van der Waals surface area contributed by atoms with Crippen LogP contribution in [0.4, 0.5) is 0 Å². The zero-order valence-corrected chi connectivity index (χ0v) is 17.0. The Morgan fingerprint density at radius 2 is 2.11 bits per heavy atom. The van der Waals surface area contributed by atoms with Gasteiger partial charge < -0.3 is 9.30 Å². The molecular formula is C20H20N2O3S2. The van der Waals surface area contributed by atoms with Crippen LogP contribution in [0.1, 0.15) is 22.9 Å². The smallest absolute Gasteiger partial charge is 0.326 e. The van der Waals surface area contributed by atoms with Crippen molar-refractivity contribution in [1.82, 2.24) is 4.57 Å². The number of ether oxygens (including phenoxy) is 1. The minimum atomic E-state index is -0.359. The first kappa shape index (κ1) is 19.3. The molecule has 3 aromatic rings. The number of aryl methyl sites for hydroxylation is 2. The summed E-state index contributed by atoms with van der Waals surface area (Å²) in [6, 6.07) is 7.94. The minimum Gasteiger partial charge on any atom is -0.465 e. The molecule has 0 spiro atoms. The molecule has 7 heteroatoms. The average molecular weight is 401 g/mol. The predicted octanol–water partition coefficient (Wildman–Crippen LogP) is 4.08. The highest BCUT2D eigenvalue weighted by atomic mass is 32.1. The summed E-state index contributed by atoms with van der Waals surface area (Å²) in [4.78, 5) is 30.1. The first-order valence-electron chi connectivity index (χ1n) is 8.54. The summed E-state index contributed by atoms with van der Waals surface area (Å²) >= 11 is 2.96. The van der Waals surface area contributed by atoms with E-state index < -0.39 is 0 Å². The number of carbonyl (C=O) groups excluding carboxylic acids is 2. The van der Waals surface area contributed by atoms with E-state index in [1.165, 1.54) is 17.4 Å². The van der Waals surface area contributed by atoms with Gasteiger partial charge in [0.05, 0.1) is 16.8 Å². The van der Waals surface area contributed by atoms with Crippen molar-refractivity contribution in [3.63, 3.8) is 0 Å². The van der Waals surface area contributed by atoms with Crippen LogP contribution in [0, 0.1) is 13.8 Å². The van der Waals surface area contributed by atoms with Crippen LogP contribution in [0.3, 0.4) is 0 Å². The van der Waals surface area contributed by atoms with Crippen LogP contribution in [0.15, 0.2) is 40.7 Å². The van der Waals surface area contributed by atoms with Crippen LogP contribution in [0.25, 0.3) is 16.3 Å². The fourth-order valence-electron chi connectivity index (χ4n) is 2.76. The van der Waals surface area contributed by atoms with E-state index in [9.17, 15) is 9.59 Å². The molecule has 5 nitrogen and oxygen atoms in total. The van der Waals surface area contributed by atoms with Crippen molar-refractivity contribution in [2.45, 2.75) is 27.3 Å². The van der Waals surface area contributed by atoms with Crippen molar-refractivity contribution in [3.05, 3.63) is 56.5 Å². The van der Waals surface area contributed by atoms with Crippen LogP contribution >= 0.6 is 22.7 Å². The SMILES string of the molecule is CCOC(=O)Cn1c(=NC(=O)C=Cc2cccs2)sc2c(C)cc(C)cc21. The topological polar surface area (TPSA) is 60.7 Å². The normalized spacial score (nSPS) is 12.2. The minimum absolute atomic E-state index is 0.0253. The largest absolute Gasteiger partial charge is 0.465 e. The molecule has 2 aromatic heterocycles. The van der Waals surface area contributed by atoms with Gasteiger partial charge in [-0.25, -0.2) is 0 Å². The van der Waals surface area contributed by atoms with Crippen LogP contribution in [-0.4, -0.2) is 23.1 Å². The number of carbonyl (C=O) groups is 2. The third-order valence-corrected chi connectivity index (χ3v) is 5.91. The third-order valence-electron chi connectivity index (χ3n) is 3.85. The van der Waals surface area contributed by atoms with E-state index in [0.717, 1.165) is 26.2 Å². The molecule has 2 heterocycles. The number of thiophene rings is 1. The number of nitrogens with zero attached hydrogens (tertiary/aromatic N) is 2. The van der Waals surface area contributed by atoms with Crippen LogP contribution in [0.5, 0.6) is 0 Å². The molecule has 27 heavy (non-hydrogen) atoms. The van der Waals surface area contributed by atoms with Crippen LogP contribution in [0.2, 0.25) is 0 Å². The van der Waals surface area contributed by atoms with Gasteiger partial charge in [-0.3, -0.25) is 9.59 Å². The monoisotopic (exact) mass is 400 g/mol. The zero-order chi connectivity index (χ0) is 19.4. The van der Waals surface area contributed by atoms with Gasteiger partial charge in [-0.2, -0.15) is 4.99 Å². The number of esters is 1. The molecule has 0 N–H and O–H groups in total. The molecule has 0 aliphatic heterocycles. The number of amides is 1. The van der Waals surface area contributed by atoms with E-state index in [1.54, 1.807) is 28.9 Å². The molecule has 140 valence electrons. The van der Waals surface area contributed by atoms with Crippen molar-refractivity contribution < 1.29 is 14.3 Å². The Balaban J connectivity index is 2.06. The lowest BCUT2D eigenvalue weighted by molar-refractivity contribution is -0.143.